The molecule has 2 N–H and O–H groups in total. The third-order valence-electron chi connectivity index (χ3n) is 3.71. The minimum absolute atomic E-state index is 0.275. The summed E-state index contributed by atoms with van der Waals surface area (Å²) in [6.07, 6.45) is 0. The first kappa shape index (κ1) is 16.1. The molecule has 0 atom stereocenters. The number of hydrogen-bond acceptors (Lipinski definition) is 4. The van der Waals surface area contributed by atoms with E-state index in [1.54, 1.807) is 0 Å². The van der Waals surface area contributed by atoms with Gasteiger partial charge in [0.05, 0.1) is 0 Å². The van der Waals surface area contributed by atoms with Gasteiger partial charge in [0.2, 0.25) is 10.0 Å². The second-order valence-electron chi connectivity index (χ2n) is 5.31. The van der Waals surface area contributed by atoms with Crippen molar-refractivity contribution in [2.24, 2.45) is 0 Å². The van der Waals surface area contributed by atoms with E-state index in [4.69, 9.17) is 5.73 Å². The maximum Gasteiger partial charge on any atom is 0.246 e. The quantitative estimate of drug-likeness (QED) is 0.852. The van der Waals surface area contributed by atoms with Crippen LogP contribution in [0.1, 0.15) is 13.8 Å². The summed E-state index contributed by atoms with van der Waals surface area (Å²) in [6.45, 7) is 5.77. The van der Waals surface area contributed by atoms with Gasteiger partial charge in [-0.25, -0.2) is 17.2 Å². The van der Waals surface area contributed by atoms with Crippen molar-refractivity contribution >= 4 is 15.7 Å². The highest BCUT2D eigenvalue weighted by atomic mass is 32.2. The second kappa shape index (κ2) is 5.86. The van der Waals surface area contributed by atoms with Gasteiger partial charge in [-0.3, -0.25) is 4.90 Å². The summed E-state index contributed by atoms with van der Waals surface area (Å²) in [5.74, 6) is -2.18. The number of sulfonamides is 1. The maximum atomic E-state index is 13.9. The van der Waals surface area contributed by atoms with Crippen molar-refractivity contribution in [2.75, 3.05) is 31.9 Å². The van der Waals surface area contributed by atoms with Crippen molar-refractivity contribution in [3.63, 3.8) is 0 Å². The third-order valence-corrected chi connectivity index (χ3v) is 5.63. The van der Waals surface area contributed by atoms with Crippen LogP contribution in [0.15, 0.2) is 17.0 Å². The lowest BCUT2D eigenvalue weighted by molar-refractivity contribution is 0.154. The van der Waals surface area contributed by atoms with Gasteiger partial charge < -0.3 is 5.73 Å². The molecule has 0 aliphatic carbocycles. The molecule has 0 aromatic heterocycles. The molecule has 1 aliphatic rings. The predicted molar refractivity (Wildman–Crippen MR) is 76.2 cm³/mol. The molecule has 8 heteroatoms. The minimum atomic E-state index is -4.00. The fourth-order valence-corrected chi connectivity index (χ4v) is 3.85. The number of piperazine rings is 1. The van der Waals surface area contributed by atoms with Gasteiger partial charge >= 0.3 is 0 Å². The highest BCUT2D eigenvalue weighted by Crippen LogP contribution is 2.26. The van der Waals surface area contributed by atoms with E-state index in [9.17, 15) is 17.2 Å². The van der Waals surface area contributed by atoms with Gasteiger partial charge in [-0.05, 0) is 26.0 Å². The van der Waals surface area contributed by atoms with E-state index < -0.39 is 32.2 Å². The molecule has 1 fully saturated rings. The monoisotopic (exact) mass is 319 g/mol. The maximum absolute atomic E-state index is 13.9. The van der Waals surface area contributed by atoms with Crippen LogP contribution in [-0.4, -0.2) is 49.8 Å². The molecule has 1 aliphatic heterocycles. The van der Waals surface area contributed by atoms with Crippen LogP contribution in [0, 0.1) is 11.6 Å². The highest BCUT2D eigenvalue weighted by Gasteiger charge is 2.32. The Kier molecular flexibility index (Phi) is 4.50. The van der Waals surface area contributed by atoms with Gasteiger partial charge in [-0.2, -0.15) is 4.31 Å². The van der Waals surface area contributed by atoms with Crippen molar-refractivity contribution in [2.45, 2.75) is 24.8 Å². The van der Waals surface area contributed by atoms with Crippen LogP contribution in [0.2, 0.25) is 0 Å². The zero-order valence-electron chi connectivity index (χ0n) is 12.0. The normalized spacial score (nSPS) is 18.3. The lowest BCUT2D eigenvalue weighted by Gasteiger charge is -2.36. The van der Waals surface area contributed by atoms with Gasteiger partial charge in [-0.1, -0.05) is 0 Å². The van der Waals surface area contributed by atoms with Gasteiger partial charge in [0.25, 0.3) is 0 Å². The molecule has 0 unspecified atom stereocenters. The topological polar surface area (TPSA) is 66.6 Å². The number of nitrogens with two attached hydrogens (primary N) is 1. The molecule has 0 spiro atoms. The number of nitrogens with zero attached hydrogens (tertiary/aromatic N) is 2. The van der Waals surface area contributed by atoms with Gasteiger partial charge in [0.1, 0.15) is 16.4 Å². The standard InChI is InChI=1S/C13H19F2N3O2S/c1-9(2)17-5-7-18(8-6-17)21(19,20)11-4-3-10(14)13(16)12(11)15/h3-4,9H,5-8,16H2,1-2H3. The van der Waals surface area contributed by atoms with E-state index in [1.165, 1.54) is 4.31 Å². The highest BCUT2D eigenvalue weighted by molar-refractivity contribution is 7.89. The zero-order valence-corrected chi connectivity index (χ0v) is 12.8. The van der Waals surface area contributed by atoms with E-state index in [0.717, 1.165) is 12.1 Å². The molecular formula is C13H19F2N3O2S. The molecule has 1 aromatic carbocycles. The van der Waals surface area contributed by atoms with Crippen LogP contribution in [0.3, 0.4) is 0 Å². The first-order valence-electron chi connectivity index (χ1n) is 6.73. The third kappa shape index (κ3) is 3.02. The average Bonchev–Trinajstić information content (AvgIpc) is 2.44. The second-order valence-corrected chi connectivity index (χ2v) is 7.21. The molecule has 118 valence electrons. The Morgan fingerprint density at radius 3 is 2.24 bits per heavy atom. The van der Waals surface area contributed by atoms with Crippen molar-refractivity contribution in [1.29, 1.82) is 0 Å². The van der Waals surface area contributed by atoms with E-state index >= 15 is 0 Å². The van der Waals surface area contributed by atoms with Crippen LogP contribution in [-0.2, 0) is 10.0 Å². The molecular weight excluding hydrogens is 300 g/mol. The Hall–Kier alpha value is -1.25. The molecule has 21 heavy (non-hydrogen) atoms. The number of hydrogen-bond donors (Lipinski definition) is 1. The van der Waals surface area contributed by atoms with Gasteiger partial charge in [0.15, 0.2) is 5.82 Å². The van der Waals surface area contributed by atoms with Crippen molar-refractivity contribution in [1.82, 2.24) is 9.21 Å². The number of halogens is 2. The van der Waals surface area contributed by atoms with E-state index in [2.05, 4.69) is 4.90 Å². The molecule has 0 saturated carbocycles. The van der Waals surface area contributed by atoms with Crippen molar-refractivity contribution in [3.8, 4) is 0 Å². The number of rotatable bonds is 3. The lowest BCUT2D eigenvalue weighted by Crippen LogP contribution is -2.50. The molecule has 0 bridgehead atoms. The Morgan fingerprint density at radius 1 is 1.14 bits per heavy atom. The van der Waals surface area contributed by atoms with Crippen molar-refractivity contribution < 1.29 is 17.2 Å². The Bertz CT molecular complexity index is 627. The summed E-state index contributed by atoms with van der Waals surface area (Å²) in [5, 5.41) is 0. The Balaban J connectivity index is 2.26. The summed E-state index contributed by atoms with van der Waals surface area (Å²) >= 11 is 0. The average molecular weight is 319 g/mol. The number of benzene rings is 1. The van der Waals surface area contributed by atoms with Crippen LogP contribution in [0.25, 0.3) is 0 Å². The molecule has 0 radical (unpaired) electrons. The smallest absolute Gasteiger partial charge is 0.246 e. The number of anilines is 1. The molecule has 0 amide bonds. The van der Waals surface area contributed by atoms with Gasteiger partial charge in [0, 0.05) is 32.2 Å². The summed E-state index contributed by atoms with van der Waals surface area (Å²) in [4.78, 5) is 1.57. The Labute approximate surface area is 123 Å². The molecule has 5 nitrogen and oxygen atoms in total. The SMILES string of the molecule is CC(C)N1CCN(S(=O)(=O)c2ccc(F)c(N)c2F)CC1. The zero-order chi connectivity index (χ0) is 15.8. The molecule has 1 aromatic rings. The van der Waals surface area contributed by atoms with E-state index in [1.807, 2.05) is 13.8 Å². The van der Waals surface area contributed by atoms with Crippen LogP contribution in [0.4, 0.5) is 14.5 Å². The first-order valence-corrected chi connectivity index (χ1v) is 8.17. The summed E-state index contributed by atoms with van der Waals surface area (Å²) in [7, 11) is -4.00. The first-order chi connectivity index (χ1) is 9.75. The minimum Gasteiger partial charge on any atom is -0.394 e. The summed E-state index contributed by atoms with van der Waals surface area (Å²) < 4.78 is 53.2. The lowest BCUT2D eigenvalue weighted by atomic mass is 10.3. The fourth-order valence-electron chi connectivity index (χ4n) is 2.35. The fraction of sp³-hybridized carbons (Fsp3) is 0.538. The van der Waals surface area contributed by atoms with Crippen LogP contribution < -0.4 is 5.73 Å². The van der Waals surface area contributed by atoms with E-state index in [0.29, 0.717) is 19.1 Å². The molecule has 1 heterocycles. The van der Waals surface area contributed by atoms with E-state index in [-0.39, 0.29) is 13.1 Å². The van der Waals surface area contributed by atoms with Gasteiger partial charge in [-0.15, -0.1) is 0 Å². The number of nitrogen functional groups attached to an aromatic ring is 1. The molecule has 1 saturated heterocycles. The summed E-state index contributed by atoms with van der Waals surface area (Å²) in [6, 6.07) is 2.12. The Morgan fingerprint density at radius 2 is 1.71 bits per heavy atom. The largest absolute Gasteiger partial charge is 0.394 e. The predicted octanol–water partition coefficient (Wildman–Crippen LogP) is 1.26. The summed E-state index contributed by atoms with van der Waals surface area (Å²) in [5.41, 5.74) is 4.46. The van der Waals surface area contributed by atoms with Crippen LogP contribution in [0.5, 0.6) is 0 Å². The van der Waals surface area contributed by atoms with Crippen LogP contribution >= 0.6 is 0 Å². The van der Waals surface area contributed by atoms with Crippen molar-refractivity contribution in [3.05, 3.63) is 23.8 Å². The molecule has 2 rings (SSSR count).